The third-order valence-corrected chi connectivity index (χ3v) is 2.97. The second-order valence-electron chi connectivity index (χ2n) is 4.62. The first-order valence-electron chi connectivity index (χ1n) is 6.12. The zero-order valence-electron chi connectivity index (χ0n) is 12.2. The molecule has 19 heavy (non-hydrogen) atoms. The van der Waals surface area contributed by atoms with Crippen molar-refractivity contribution >= 4 is 5.91 Å². The fraction of sp³-hybridized carbons (Fsp3) is 0.500. The molecule has 0 saturated heterocycles. The molecule has 0 heterocycles. The number of benzene rings is 1. The number of nitrogens with two attached hydrogens (primary N) is 1. The number of ether oxygens (including phenoxy) is 2. The Morgan fingerprint density at radius 2 is 1.89 bits per heavy atom. The van der Waals surface area contributed by atoms with Crippen LogP contribution in [0.3, 0.4) is 0 Å². The molecule has 0 saturated carbocycles. The number of rotatable bonds is 5. The van der Waals surface area contributed by atoms with Crippen LogP contribution in [0.15, 0.2) is 12.1 Å². The van der Waals surface area contributed by atoms with E-state index in [2.05, 4.69) is 0 Å². The highest BCUT2D eigenvalue weighted by Crippen LogP contribution is 2.29. The Morgan fingerprint density at radius 1 is 1.32 bits per heavy atom. The smallest absolute Gasteiger partial charge is 0.239 e. The molecule has 0 aliphatic rings. The largest absolute Gasteiger partial charge is 0.496 e. The first-order valence-corrected chi connectivity index (χ1v) is 6.12. The molecule has 0 radical (unpaired) electrons. The maximum atomic E-state index is 11.8. The summed E-state index contributed by atoms with van der Waals surface area (Å²) in [6.07, 6.45) is 0. The molecule has 1 unspecified atom stereocenters. The minimum Gasteiger partial charge on any atom is -0.496 e. The summed E-state index contributed by atoms with van der Waals surface area (Å²) in [7, 11) is 4.95. The lowest BCUT2D eigenvalue weighted by molar-refractivity contribution is -0.131. The van der Waals surface area contributed by atoms with E-state index < -0.39 is 6.04 Å². The highest BCUT2D eigenvalue weighted by Gasteiger charge is 2.16. The summed E-state index contributed by atoms with van der Waals surface area (Å²) in [6, 6.07) is 3.28. The Bertz CT molecular complexity index is 458. The van der Waals surface area contributed by atoms with E-state index in [1.165, 1.54) is 0 Å². The molecule has 1 rings (SSSR count). The third kappa shape index (κ3) is 3.61. The number of amides is 1. The summed E-state index contributed by atoms with van der Waals surface area (Å²) >= 11 is 0. The second-order valence-corrected chi connectivity index (χ2v) is 4.62. The van der Waals surface area contributed by atoms with Crippen LogP contribution in [-0.2, 0) is 11.3 Å². The molecule has 0 aliphatic carbocycles. The minimum atomic E-state index is -0.511. The number of hydrogen-bond donors (Lipinski definition) is 1. The number of nitrogens with zero attached hydrogens (tertiary/aromatic N) is 1. The van der Waals surface area contributed by atoms with Crippen molar-refractivity contribution < 1.29 is 14.3 Å². The van der Waals surface area contributed by atoms with Gasteiger partial charge in [0, 0.05) is 19.2 Å². The van der Waals surface area contributed by atoms with Gasteiger partial charge >= 0.3 is 0 Å². The van der Waals surface area contributed by atoms with Gasteiger partial charge in [0.2, 0.25) is 5.91 Å². The van der Waals surface area contributed by atoms with E-state index in [0.29, 0.717) is 6.54 Å². The average molecular weight is 266 g/mol. The fourth-order valence-electron chi connectivity index (χ4n) is 1.92. The molecule has 1 atom stereocenters. The van der Waals surface area contributed by atoms with Gasteiger partial charge in [-0.25, -0.2) is 0 Å². The van der Waals surface area contributed by atoms with Gasteiger partial charge in [0.15, 0.2) is 0 Å². The molecule has 5 heteroatoms. The lowest BCUT2D eigenvalue weighted by Crippen LogP contribution is -2.39. The highest BCUT2D eigenvalue weighted by molar-refractivity contribution is 5.81. The lowest BCUT2D eigenvalue weighted by atomic mass is 10.1. The van der Waals surface area contributed by atoms with E-state index in [-0.39, 0.29) is 5.91 Å². The maximum absolute atomic E-state index is 11.8. The molecule has 106 valence electrons. The van der Waals surface area contributed by atoms with Crippen LogP contribution in [0.4, 0.5) is 0 Å². The monoisotopic (exact) mass is 266 g/mol. The molecule has 0 aliphatic heterocycles. The van der Waals surface area contributed by atoms with E-state index in [4.69, 9.17) is 15.2 Å². The van der Waals surface area contributed by atoms with Crippen LogP contribution >= 0.6 is 0 Å². The van der Waals surface area contributed by atoms with Crippen LogP contribution in [0, 0.1) is 6.92 Å². The van der Waals surface area contributed by atoms with Gasteiger partial charge in [0.25, 0.3) is 0 Å². The summed E-state index contributed by atoms with van der Waals surface area (Å²) in [4.78, 5) is 13.4. The zero-order chi connectivity index (χ0) is 14.6. The van der Waals surface area contributed by atoms with Crippen molar-refractivity contribution in [3.8, 4) is 11.5 Å². The molecule has 0 fully saturated rings. The number of hydrogen-bond acceptors (Lipinski definition) is 4. The zero-order valence-corrected chi connectivity index (χ0v) is 12.2. The molecule has 1 amide bonds. The first kappa shape index (κ1) is 15.3. The molecule has 1 aromatic rings. The van der Waals surface area contributed by atoms with Gasteiger partial charge in [-0.2, -0.15) is 0 Å². The predicted octanol–water partition coefficient (Wildman–Crippen LogP) is 1.32. The Hall–Kier alpha value is -1.75. The van der Waals surface area contributed by atoms with Crippen LogP contribution in [0.5, 0.6) is 11.5 Å². The number of aryl methyl sites for hydroxylation is 1. The minimum absolute atomic E-state index is 0.110. The van der Waals surface area contributed by atoms with E-state index >= 15 is 0 Å². The highest BCUT2D eigenvalue weighted by atomic mass is 16.5. The van der Waals surface area contributed by atoms with Gasteiger partial charge in [-0.1, -0.05) is 0 Å². The van der Waals surface area contributed by atoms with Crippen LogP contribution in [0.2, 0.25) is 0 Å². The average Bonchev–Trinajstić information content (AvgIpc) is 2.38. The molecule has 1 aromatic carbocycles. The number of carbonyl (C=O) groups is 1. The number of likely N-dealkylation sites (N-methyl/N-ethyl adjacent to an activating group) is 1. The molecular weight excluding hydrogens is 244 g/mol. The Balaban J connectivity index is 3.02. The molecule has 0 aromatic heterocycles. The van der Waals surface area contributed by atoms with Crippen molar-refractivity contribution in [2.45, 2.75) is 26.4 Å². The van der Waals surface area contributed by atoms with Crippen molar-refractivity contribution in [1.29, 1.82) is 0 Å². The van der Waals surface area contributed by atoms with Gasteiger partial charge < -0.3 is 20.1 Å². The van der Waals surface area contributed by atoms with E-state index in [9.17, 15) is 4.79 Å². The first-order chi connectivity index (χ1) is 8.90. The van der Waals surface area contributed by atoms with Crippen molar-refractivity contribution in [3.63, 3.8) is 0 Å². The van der Waals surface area contributed by atoms with Gasteiger partial charge in [-0.15, -0.1) is 0 Å². The van der Waals surface area contributed by atoms with E-state index in [1.54, 1.807) is 33.1 Å². The summed E-state index contributed by atoms with van der Waals surface area (Å²) in [6.45, 7) is 4.05. The predicted molar refractivity (Wildman–Crippen MR) is 74.4 cm³/mol. The maximum Gasteiger partial charge on any atom is 0.239 e. The van der Waals surface area contributed by atoms with Crippen molar-refractivity contribution in [1.82, 2.24) is 4.90 Å². The fourth-order valence-corrected chi connectivity index (χ4v) is 1.92. The Labute approximate surface area is 114 Å². The summed E-state index contributed by atoms with van der Waals surface area (Å²) in [5, 5.41) is 0. The lowest BCUT2D eigenvalue weighted by Gasteiger charge is -2.21. The van der Waals surface area contributed by atoms with Crippen molar-refractivity contribution in [3.05, 3.63) is 23.3 Å². The normalized spacial score (nSPS) is 11.9. The molecule has 2 N–H and O–H groups in total. The van der Waals surface area contributed by atoms with Gasteiger partial charge in [-0.05, 0) is 31.5 Å². The Morgan fingerprint density at radius 3 is 2.37 bits per heavy atom. The SMILES string of the molecule is COc1cc(CN(C)C(=O)C(C)N)c(OC)cc1C. The molecule has 0 spiro atoms. The Kier molecular flexibility index (Phi) is 5.18. The van der Waals surface area contributed by atoms with Gasteiger partial charge in [-0.3, -0.25) is 4.79 Å². The number of carbonyl (C=O) groups excluding carboxylic acids is 1. The van der Waals surface area contributed by atoms with Crippen molar-refractivity contribution in [2.24, 2.45) is 5.73 Å². The summed E-state index contributed by atoms with van der Waals surface area (Å²) < 4.78 is 10.6. The third-order valence-electron chi connectivity index (χ3n) is 2.97. The van der Waals surface area contributed by atoms with Crippen LogP contribution in [0.1, 0.15) is 18.1 Å². The van der Waals surface area contributed by atoms with Crippen LogP contribution in [0.25, 0.3) is 0 Å². The molecule has 5 nitrogen and oxygen atoms in total. The van der Waals surface area contributed by atoms with Crippen molar-refractivity contribution in [2.75, 3.05) is 21.3 Å². The standard InChI is InChI=1S/C14H22N2O3/c1-9-6-13(19-5)11(7-12(9)18-4)8-16(3)14(17)10(2)15/h6-7,10H,8,15H2,1-5H3. The van der Waals surface area contributed by atoms with Crippen LogP contribution < -0.4 is 15.2 Å². The van der Waals surface area contributed by atoms with Crippen LogP contribution in [-0.4, -0.2) is 38.1 Å². The van der Waals surface area contributed by atoms with Gasteiger partial charge in [0.05, 0.1) is 20.3 Å². The second kappa shape index (κ2) is 6.43. The summed E-state index contributed by atoms with van der Waals surface area (Å²) in [5.74, 6) is 1.40. The van der Waals surface area contributed by atoms with E-state index in [1.807, 2.05) is 19.1 Å². The summed E-state index contributed by atoms with van der Waals surface area (Å²) in [5.41, 5.74) is 7.47. The number of methoxy groups -OCH3 is 2. The topological polar surface area (TPSA) is 64.8 Å². The molecular formula is C14H22N2O3. The van der Waals surface area contributed by atoms with E-state index in [0.717, 1.165) is 22.6 Å². The quantitative estimate of drug-likeness (QED) is 0.873. The van der Waals surface area contributed by atoms with Gasteiger partial charge in [0.1, 0.15) is 11.5 Å². The molecule has 0 bridgehead atoms.